The molecule has 4 heteroatoms. The summed E-state index contributed by atoms with van der Waals surface area (Å²) in [6.07, 6.45) is 5.53. The van der Waals surface area contributed by atoms with Gasteiger partial charge in [-0.2, -0.15) is 5.26 Å². The lowest BCUT2D eigenvalue weighted by Crippen LogP contribution is -1.82. The second-order valence-electron chi connectivity index (χ2n) is 5.01. The molecule has 0 saturated carbocycles. The molecule has 2 aromatic carbocycles. The summed E-state index contributed by atoms with van der Waals surface area (Å²) >= 11 is 1.40. The van der Waals surface area contributed by atoms with Gasteiger partial charge in [0.05, 0.1) is 11.3 Å². The SMILES string of the molecule is N#C/C(=C/C=C\c1ccccc1)c1nc(-c2ccc(F)cc2)cs1. The average Bonchev–Trinajstić information content (AvgIpc) is 3.10. The second-order valence-corrected chi connectivity index (χ2v) is 5.86. The van der Waals surface area contributed by atoms with Gasteiger partial charge in [-0.3, -0.25) is 0 Å². The lowest BCUT2D eigenvalue weighted by molar-refractivity contribution is 0.628. The molecule has 0 fully saturated rings. The number of allylic oxidation sites excluding steroid dienone is 3. The molecule has 1 heterocycles. The minimum atomic E-state index is -0.280. The molecule has 0 N–H and O–H groups in total. The fourth-order valence-electron chi connectivity index (χ4n) is 2.13. The van der Waals surface area contributed by atoms with E-state index in [1.807, 2.05) is 47.9 Å². The van der Waals surface area contributed by atoms with Gasteiger partial charge in [0.25, 0.3) is 0 Å². The van der Waals surface area contributed by atoms with Gasteiger partial charge in [0.2, 0.25) is 0 Å². The summed E-state index contributed by atoms with van der Waals surface area (Å²) in [6, 6.07) is 18.2. The molecule has 0 aliphatic rings. The second kappa shape index (κ2) is 7.49. The number of benzene rings is 2. The first-order valence-corrected chi connectivity index (χ1v) is 8.19. The number of rotatable bonds is 4. The van der Waals surface area contributed by atoms with Crippen LogP contribution < -0.4 is 0 Å². The van der Waals surface area contributed by atoms with Crippen LogP contribution in [0, 0.1) is 17.1 Å². The first-order chi connectivity index (χ1) is 11.8. The van der Waals surface area contributed by atoms with E-state index in [1.165, 1.54) is 23.5 Å². The summed E-state index contributed by atoms with van der Waals surface area (Å²) in [7, 11) is 0. The van der Waals surface area contributed by atoms with E-state index in [1.54, 1.807) is 18.2 Å². The van der Waals surface area contributed by atoms with E-state index in [0.717, 1.165) is 16.8 Å². The number of hydrogen-bond donors (Lipinski definition) is 0. The molecule has 0 bridgehead atoms. The van der Waals surface area contributed by atoms with Crippen molar-refractivity contribution < 1.29 is 4.39 Å². The van der Waals surface area contributed by atoms with Gasteiger partial charge >= 0.3 is 0 Å². The number of thiazole rings is 1. The summed E-state index contributed by atoms with van der Waals surface area (Å²) in [4.78, 5) is 4.48. The third-order valence-electron chi connectivity index (χ3n) is 3.35. The van der Waals surface area contributed by atoms with Gasteiger partial charge in [-0.1, -0.05) is 42.5 Å². The fourth-order valence-corrected chi connectivity index (χ4v) is 2.93. The molecule has 0 aliphatic carbocycles. The van der Waals surface area contributed by atoms with Crippen molar-refractivity contribution in [2.24, 2.45) is 0 Å². The molecule has 0 saturated heterocycles. The normalized spacial score (nSPS) is 11.6. The Morgan fingerprint density at radius 2 is 1.83 bits per heavy atom. The average molecular weight is 332 g/mol. The largest absolute Gasteiger partial charge is 0.235 e. The van der Waals surface area contributed by atoms with Gasteiger partial charge < -0.3 is 0 Å². The molecule has 3 aromatic rings. The van der Waals surface area contributed by atoms with Crippen LogP contribution in [-0.4, -0.2) is 4.98 Å². The van der Waals surface area contributed by atoms with Gasteiger partial charge in [-0.15, -0.1) is 11.3 Å². The van der Waals surface area contributed by atoms with Crippen LogP contribution in [0.4, 0.5) is 4.39 Å². The summed E-state index contributed by atoms with van der Waals surface area (Å²) in [5, 5.41) is 11.9. The zero-order valence-electron chi connectivity index (χ0n) is 12.7. The van der Waals surface area contributed by atoms with E-state index in [4.69, 9.17) is 0 Å². The molecule has 0 spiro atoms. The van der Waals surface area contributed by atoms with Crippen molar-refractivity contribution in [3.8, 4) is 17.3 Å². The molecule has 0 radical (unpaired) electrons. The fraction of sp³-hybridized carbons (Fsp3) is 0. The van der Waals surface area contributed by atoms with Gasteiger partial charge in [0, 0.05) is 10.9 Å². The van der Waals surface area contributed by atoms with E-state index < -0.39 is 0 Å². The van der Waals surface area contributed by atoms with Crippen molar-refractivity contribution in [1.29, 1.82) is 5.26 Å². The number of hydrogen-bond acceptors (Lipinski definition) is 3. The molecule has 116 valence electrons. The quantitative estimate of drug-likeness (QED) is 0.462. The predicted octanol–water partition coefficient (Wildman–Crippen LogP) is 5.57. The standard InChI is InChI=1S/C20H13FN2S/c21-18-11-9-16(10-12-18)19-14-24-20(23-19)17(13-22)8-4-7-15-5-2-1-3-6-15/h1-12,14H/b7-4-,17-8-. The van der Waals surface area contributed by atoms with Gasteiger partial charge in [0.15, 0.2) is 0 Å². The minimum Gasteiger partial charge on any atom is -0.235 e. The van der Waals surface area contributed by atoms with Gasteiger partial charge in [-0.25, -0.2) is 9.37 Å². The Labute approximate surface area is 143 Å². The third kappa shape index (κ3) is 3.83. The van der Waals surface area contributed by atoms with Crippen molar-refractivity contribution in [3.05, 3.63) is 88.5 Å². The molecule has 1 aromatic heterocycles. The molecular weight excluding hydrogens is 319 g/mol. The molecule has 0 atom stereocenters. The van der Waals surface area contributed by atoms with Crippen LogP contribution >= 0.6 is 11.3 Å². The maximum Gasteiger partial charge on any atom is 0.134 e. The Bertz CT molecular complexity index is 916. The van der Waals surface area contributed by atoms with Crippen LogP contribution in [0.25, 0.3) is 22.9 Å². The zero-order chi connectivity index (χ0) is 16.8. The Morgan fingerprint density at radius 1 is 1.08 bits per heavy atom. The number of nitrogens with zero attached hydrogens (tertiary/aromatic N) is 2. The van der Waals surface area contributed by atoms with Crippen molar-refractivity contribution in [1.82, 2.24) is 4.98 Å². The highest BCUT2D eigenvalue weighted by atomic mass is 32.1. The molecular formula is C20H13FN2S. The molecule has 0 unspecified atom stereocenters. The zero-order valence-corrected chi connectivity index (χ0v) is 13.5. The Balaban J connectivity index is 1.82. The topological polar surface area (TPSA) is 36.7 Å². The summed E-state index contributed by atoms with van der Waals surface area (Å²) in [5.41, 5.74) is 3.14. The van der Waals surface area contributed by atoms with E-state index in [0.29, 0.717) is 10.6 Å². The highest BCUT2D eigenvalue weighted by molar-refractivity contribution is 7.11. The van der Waals surface area contributed by atoms with E-state index >= 15 is 0 Å². The van der Waals surface area contributed by atoms with Crippen molar-refractivity contribution in [3.63, 3.8) is 0 Å². The highest BCUT2D eigenvalue weighted by Gasteiger charge is 2.08. The smallest absolute Gasteiger partial charge is 0.134 e. The van der Waals surface area contributed by atoms with Gasteiger partial charge in [0.1, 0.15) is 16.9 Å². The number of nitriles is 1. The van der Waals surface area contributed by atoms with E-state index in [9.17, 15) is 9.65 Å². The Kier molecular flexibility index (Phi) is 4.95. The summed E-state index contributed by atoms with van der Waals surface area (Å²) < 4.78 is 13.0. The van der Waals surface area contributed by atoms with Crippen LogP contribution in [0.3, 0.4) is 0 Å². The van der Waals surface area contributed by atoms with Crippen LogP contribution in [-0.2, 0) is 0 Å². The number of halogens is 1. The first kappa shape index (κ1) is 15.9. The highest BCUT2D eigenvalue weighted by Crippen LogP contribution is 2.26. The Hall–Kier alpha value is -3.03. The van der Waals surface area contributed by atoms with Crippen molar-refractivity contribution >= 4 is 23.0 Å². The van der Waals surface area contributed by atoms with Crippen LogP contribution in [0.2, 0.25) is 0 Å². The summed E-state index contributed by atoms with van der Waals surface area (Å²) in [6.45, 7) is 0. The number of aromatic nitrogens is 1. The Morgan fingerprint density at radius 3 is 2.54 bits per heavy atom. The molecule has 3 rings (SSSR count). The van der Waals surface area contributed by atoms with E-state index in [2.05, 4.69) is 11.1 Å². The lowest BCUT2D eigenvalue weighted by atomic mass is 10.2. The van der Waals surface area contributed by atoms with Gasteiger partial charge in [-0.05, 0) is 35.9 Å². The molecule has 0 amide bonds. The van der Waals surface area contributed by atoms with Crippen LogP contribution in [0.1, 0.15) is 10.6 Å². The van der Waals surface area contributed by atoms with E-state index in [-0.39, 0.29) is 5.82 Å². The monoisotopic (exact) mass is 332 g/mol. The summed E-state index contributed by atoms with van der Waals surface area (Å²) in [5.74, 6) is -0.280. The molecule has 2 nitrogen and oxygen atoms in total. The third-order valence-corrected chi connectivity index (χ3v) is 4.22. The van der Waals surface area contributed by atoms with Crippen LogP contribution in [0.15, 0.2) is 72.1 Å². The maximum absolute atomic E-state index is 13.0. The predicted molar refractivity (Wildman–Crippen MR) is 96.6 cm³/mol. The van der Waals surface area contributed by atoms with Crippen molar-refractivity contribution in [2.75, 3.05) is 0 Å². The minimum absolute atomic E-state index is 0.280. The molecule has 0 aliphatic heterocycles. The van der Waals surface area contributed by atoms with Crippen molar-refractivity contribution in [2.45, 2.75) is 0 Å². The van der Waals surface area contributed by atoms with Crippen LogP contribution in [0.5, 0.6) is 0 Å². The lowest BCUT2D eigenvalue weighted by Gasteiger charge is -1.95. The first-order valence-electron chi connectivity index (χ1n) is 7.31. The maximum atomic E-state index is 13.0. The molecule has 24 heavy (non-hydrogen) atoms.